The van der Waals surface area contributed by atoms with E-state index in [-0.39, 0.29) is 11.8 Å². The molecule has 1 unspecified atom stereocenters. The van der Waals surface area contributed by atoms with Crippen molar-refractivity contribution in [1.82, 2.24) is 0 Å². The second kappa shape index (κ2) is 6.92. The van der Waals surface area contributed by atoms with Crippen LogP contribution in [0, 0.1) is 12.7 Å². The molecule has 2 rings (SSSR count). The zero-order valence-electron chi connectivity index (χ0n) is 12.2. The largest absolute Gasteiger partial charge is 0.453 e. The number of hydrogen-bond acceptors (Lipinski definition) is 2. The summed E-state index contributed by atoms with van der Waals surface area (Å²) in [6.45, 7) is 3.94. The van der Waals surface area contributed by atoms with E-state index in [2.05, 4.69) is 0 Å². The smallest absolute Gasteiger partial charge is 0.165 e. The van der Waals surface area contributed by atoms with Crippen LogP contribution < -0.4 is 10.5 Å². The van der Waals surface area contributed by atoms with E-state index in [0.29, 0.717) is 17.2 Å². The van der Waals surface area contributed by atoms with E-state index in [9.17, 15) is 4.39 Å². The Hall–Kier alpha value is -1.58. The highest BCUT2D eigenvalue weighted by molar-refractivity contribution is 6.32. The van der Waals surface area contributed by atoms with Gasteiger partial charge in [-0.2, -0.15) is 0 Å². The first-order valence-electron chi connectivity index (χ1n) is 6.97. The Morgan fingerprint density at radius 3 is 2.62 bits per heavy atom. The molecule has 21 heavy (non-hydrogen) atoms. The fourth-order valence-electron chi connectivity index (χ4n) is 2.01. The molecule has 0 saturated heterocycles. The van der Waals surface area contributed by atoms with Crippen molar-refractivity contribution in [1.29, 1.82) is 0 Å². The fourth-order valence-corrected chi connectivity index (χ4v) is 2.16. The van der Waals surface area contributed by atoms with Gasteiger partial charge >= 0.3 is 0 Å². The topological polar surface area (TPSA) is 35.2 Å². The van der Waals surface area contributed by atoms with Crippen molar-refractivity contribution in [2.75, 3.05) is 0 Å². The summed E-state index contributed by atoms with van der Waals surface area (Å²) in [6.07, 6.45) is 1.51. The van der Waals surface area contributed by atoms with E-state index in [1.54, 1.807) is 18.2 Å². The Bertz CT molecular complexity index is 630. The molecule has 2 nitrogen and oxygen atoms in total. The number of benzene rings is 2. The van der Waals surface area contributed by atoms with E-state index in [0.717, 1.165) is 17.5 Å². The molecule has 0 saturated carbocycles. The van der Waals surface area contributed by atoms with Crippen LogP contribution in [0.3, 0.4) is 0 Å². The van der Waals surface area contributed by atoms with Gasteiger partial charge in [-0.05, 0) is 55.2 Å². The van der Waals surface area contributed by atoms with Gasteiger partial charge in [0.2, 0.25) is 0 Å². The fraction of sp³-hybridized carbons (Fsp3) is 0.294. The molecule has 0 spiro atoms. The van der Waals surface area contributed by atoms with Crippen molar-refractivity contribution in [3.05, 3.63) is 58.4 Å². The molecule has 0 aliphatic rings. The lowest BCUT2D eigenvalue weighted by atomic mass is 10.0. The quantitative estimate of drug-likeness (QED) is 0.856. The molecule has 4 heteroatoms. The number of hydrogen-bond donors (Lipinski definition) is 1. The number of ether oxygens (including phenoxy) is 1. The van der Waals surface area contributed by atoms with Gasteiger partial charge in [-0.25, -0.2) is 4.39 Å². The van der Waals surface area contributed by atoms with E-state index in [4.69, 9.17) is 22.1 Å². The predicted octanol–water partition coefficient (Wildman–Crippen LogP) is 4.86. The second-order valence-corrected chi connectivity index (χ2v) is 5.58. The van der Waals surface area contributed by atoms with Crippen LogP contribution in [0.2, 0.25) is 5.02 Å². The Morgan fingerprint density at radius 2 is 1.95 bits per heavy atom. The molecule has 0 aliphatic carbocycles. The van der Waals surface area contributed by atoms with Gasteiger partial charge in [-0.1, -0.05) is 30.7 Å². The van der Waals surface area contributed by atoms with Gasteiger partial charge in [0.25, 0.3) is 0 Å². The lowest BCUT2D eigenvalue weighted by molar-refractivity contribution is 0.441. The van der Waals surface area contributed by atoms with Crippen molar-refractivity contribution in [3.8, 4) is 11.5 Å². The van der Waals surface area contributed by atoms with Gasteiger partial charge in [0.1, 0.15) is 5.75 Å². The van der Waals surface area contributed by atoms with Crippen molar-refractivity contribution in [2.45, 2.75) is 32.7 Å². The number of nitrogens with two attached hydrogens (primary N) is 1. The zero-order valence-corrected chi connectivity index (χ0v) is 13.0. The molecule has 2 aromatic carbocycles. The van der Waals surface area contributed by atoms with Gasteiger partial charge in [0.05, 0.1) is 5.02 Å². The van der Waals surface area contributed by atoms with Gasteiger partial charge in [0.15, 0.2) is 11.6 Å². The number of rotatable bonds is 5. The van der Waals surface area contributed by atoms with Gasteiger partial charge < -0.3 is 10.5 Å². The van der Waals surface area contributed by atoms with Crippen molar-refractivity contribution in [2.24, 2.45) is 5.73 Å². The van der Waals surface area contributed by atoms with Crippen molar-refractivity contribution >= 4 is 11.6 Å². The maximum Gasteiger partial charge on any atom is 0.165 e. The standard InChI is InChI=1S/C17H19ClFNO/c1-3-13(20)9-12-5-7-16(15(19)10-12)21-17-8-11(2)4-6-14(17)18/h4-8,10,13H,3,9,20H2,1-2H3. The van der Waals surface area contributed by atoms with Crippen LogP contribution in [0.4, 0.5) is 4.39 Å². The van der Waals surface area contributed by atoms with E-state index in [1.165, 1.54) is 6.07 Å². The highest BCUT2D eigenvalue weighted by Crippen LogP contribution is 2.31. The average Bonchev–Trinajstić information content (AvgIpc) is 2.45. The summed E-state index contributed by atoms with van der Waals surface area (Å²) in [6, 6.07) is 10.3. The number of aryl methyl sites for hydroxylation is 1. The number of halogens is 2. The highest BCUT2D eigenvalue weighted by atomic mass is 35.5. The summed E-state index contributed by atoms with van der Waals surface area (Å²) in [5.74, 6) is 0.207. The maximum absolute atomic E-state index is 14.1. The molecule has 0 heterocycles. The highest BCUT2D eigenvalue weighted by Gasteiger charge is 2.10. The monoisotopic (exact) mass is 307 g/mol. The summed E-state index contributed by atoms with van der Waals surface area (Å²) in [5.41, 5.74) is 7.75. The lowest BCUT2D eigenvalue weighted by Crippen LogP contribution is -2.21. The van der Waals surface area contributed by atoms with Gasteiger partial charge in [-0.3, -0.25) is 0 Å². The summed E-state index contributed by atoms with van der Waals surface area (Å²) in [7, 11) is 0. The van der Waals surface area contributed by atoms with Crippen LogP contribution >= 0.6 is 11.6 Å². The molecule has 0 fully saturated rings. The third-order valence-corrected chi connectivity index (χ3v) is 3.64. The van der Waals surface area contributed by atoms with E-state index >= 15 is 0 Å². The van der Waals surface area contributed by atoms with E-state index < -0.39 is 5.82 Å². The molecule has 2 N–H and O–H groups in total. The first kappa shape index (κ1) is 15.8. The molecular formula is C17H19ClFNO. The summed E-state index contributed by atoms with van der Waals surface area (Å²) >= 11 is 6.05. The molecule has 0 radical (unpaired) electrons. The Balaban J connectivity index is 2.19. The molecule has 0 aliphatic heterocycles. The molecule has 0 aromatic heterocycles. The molecule has 0 bridgehead atoms. The summed E-state index contributed by atoms with van der Waals surface area (Å²) < 4.78 is 19.7. The zero-order chi connectivity index (χ0) is 15.4. The first-order valence-corrected chi connectivity index (χ1v) is 7.35. The van der Waals surface area contributed by atoms with E-state index in [1.807, 2.05) is 26.0 Å². The van der Waals surface area contributed by atoms with Crippen molar-refractivity contribution < 1.29 is 9.13 Å². The molecule has 112 valence electrons. The summed E-state index contributed by atoms with van der Waals surface area (Å²) in [4.78, 5) is 0. The van der Waals surface area contributed by atoms with Crippen LogP contribution in [0.5, 0.6) is 11.5 Å². The van der Waals surface area contributed by atoms with Crippen molar-refractivity contribution in [3.63, 3.8) is 0 Å². The lowest BCUT2D eigenvalue weighted by Gasteiger charge is -2.12. The maximum atomic E-state index is 14.1. The first-order chi connectivity index (χ1) is 9.99. The molecule has 1 atom stereocenters. The molecule has 0 amide bonds. The average molecular weight is 308 g/mol. The predicted molar refractivity (Wildman–Crippen MR) is 84.6 cm³/mol. The molecular weight excluding hydrogens is 289 g/mol. The van der Waals surface area contributed by atoms with Crippen LogP contribution in [0.15, 0.2) is 36.4 Å². The third-order valence-electron chi connectivity index (χ3n) is 3.33. The Kier molecular flexibility index (Phi) is 5.21. The minimum atomic E-state index is -0.409. The third kappa shape index (κ3) is 4.19. The van der Waals surface area contributed by atoms with Crippen LogP contribution in [0.1, 0.15) is 24.5 Å². The van der Waals surface area contributed by atoms with Gasteiger partial charge in [0, 0.05) is 6.04 Å². The van der Waals surface area contributed by atoms with Crippen LogP contribution in [-0.4, -0.2) is 6.04 Å². The summed E-state index contributed by atoms with van der Waals surface area (Å²) in [5, 5.41) is 0.456. The van der Waals surface area contributed by atoms with Gasteiger partial charge in [-0.15, -0.1) is 0 Å². The Morgan fingerprint density at radius 1 is 1.19 bits per heavy atom. The Labute approximate surface area is 129 Å². The normalized spacial score (nSPS) is 12.2. The molecule has 2 aromatic rings. The van der Waals surface area contributed by atoms with Crippen LogP contribution in [0.25, 0.3) is 0 Å². The SMILES string of the molecule is CCC(N)Cc1ccc(Oc2cc(C)ccc2Cl)c(F)c1. The second-order valence-electron chi connectivity index (χ2n) is 5.17. The minimum Gasteiger partial charge on any atom is -0.453 e. The van der Waals surface area contributed by atoms with Crippen LogP contribution in [-0.2, 0) is 6.42 Å². The minimum absolute atomic E-state index is 0.0439.